The van der Waals surface area contributed by atoms with Gasteiger partial charge in [0.2, 0.25) is 0 Å². The summed E-state index contributed by atoms with van der Waals surface area (Å²) in [5.41, 5.74) is 0.200. The van der Waals surface area contributed by atoms with Crippen LogP contribution in [0.3, 0.4) is 0 Å². The number of hydrogen-bond donors (Lipinski definition) is 0. The lowest BCUT2D eigenvalue weighted by Crippen LogP contribution is -2.27. The molecule has 0 atom stereocenters. The van der Waals surface area contributed by atoms with Crippen LogP contribution >= 0.6 is 11.6 Å². The standard InChI is InChI=1S/C10H17ClO/c1-9(2)12-8-10(7-11)5-3-4-6-10/h3-4,9H,5-8H2,1-2H3. The van der Waals surface area contributed by atoms with Gasteiger partial charge in [-0.2, -0.15) is 0 Å². The van der Waals surface area contributed by atoms with Crippen LogP contribution in [-0.4, -0.2) is 18.6 Å². The number of hydrogen-bond acceptors (Lipinski definition) is 1. The Bertz CT molecular complexity index is 155. The molecule has 2 heteroatoms. The van der Waals surface area contributed by atoms with Crippen molar-refractivity contribution < 1.29 is 4.74 Å². The minimum atomic E-state index is 0.200. The number of ether oxygens (including phenoxy) is 1. The van der Waals surface area contributed by atoms with Crippen LogP contribution in [0.5, 0.6) is 0 Å². The van der Waals surface area contributed by atoms with E-state index < -0.39 is 0 Å². The zero-order chi connectivity index (χ0) is 9.03. The lowest BCUT2D eigenvalue weighted by molar-refractivity contribution is 0.0207. The highest BCUT2D eigenvalue weighted by molar-refractivity contribution is 6.18. The number of halogens is 1. The van der Waals surface area contributed by atoms with E-state index in [9.17, 15) is 0 Å². The predicted octanol–water partition coefficient (Wildman–Crippen LogP) is 2.99. The molecule has 0 saturated carbocycles. The maximum atomic E-state index is 5.93. The maximum Gasteiger partial charge on any atom is 0.0543 e. The average molecular weight is 189 g/mol. The molecule has 1 aliphatic carbocycles. The first kappa shape index (κ1) is 10.1. The van der Waals surface area contributed by atoms with Crippen LogP contribution in [-0.2, 0) is 4.74 Å². The molecule has 0 saturated heterocycles. The van der Waals surface area contributed by atoms with E-state index in [0.717, 1.165) is 19.4 Å². The minimum absolute atomic E-state index is 0.200. The van der Waals surface area contributed by atoms with E-state index in [4.69, 9.17) is 16.3 Å². The Morgan fingerprint density at radius 2 is 2.00 bits per heavy atom. The first-order valence-electron chi connectivity index (χ1n) is 4.51. The highest BCUT2D eigenvalue weighted by atomic mass is 35.5. The molecule has 0 aliphatic heterocycles. The third kappa shape index (κ3) is 2.49. The minimum Gasteiger partial charge on any atom is -0.378 e. The lowest BCUT2D eigenvalue weighted by Gasteiger charge is -2.26. The van der Waals surface area contributed by atoms with Crippen LogP contribution in [0.4, 0.5) is 0 Å². The third-order valence-electron chi connectivity index (χ3n) is 2.27. The van der Waals surface area contributed by atoms with Gasteiger partial charge in [-0.25, -0.2) is 0 Å². The Morgan fingerprint density at radius 1 is 1.42 bits per heavy atom. The van der Waals surface area contributed by atoms with Crippen LogP contribution in [0.2, 0.25) is 0 Å². The van der Waals surface area contributed by atoms with Crippen LogP contribution in [0.15, 0.2) is 12.2 Å². The molecule has 1 rings (SSSR count). The second kappa shape index (κ2) is 4.29. The van der Waals surface area contributed by atoms with Crippen molar-refractivity contribution in [2.45, 2.75) is 32.8 Å². The normalized spacial score (nSPS) is 20.7. The predicted molar refractivity (Wildman–Crippen MR) is 52.6 cm³/mol. The summed E-state index contributed by atoms with van der Waals surface area (Å²) in [6.45, 7) is 4.91. The van der Waals surface area contributed by atoms with E-state index >= 15 is 0 Å². The smallest absolute Gasteiger partial charge is 0.0543 e. The summed E-state index contributed by atoms with van der Waals surface area (Å²) in [6.07, 6.45) is 6.86. The summed E-state index contributed by atoms with van der Waals surface area (Å²) < 4.78 is 5.60. The molecule has 0 bridgehead atoms. The zero-order valence-corrected chi connectivity index (χ0v) is 8.60. The van der Waals surface area contributed by atoms with Gasteiger partial charge in [0.05, 0.1) is 12.7 Å². The van der Waals surface area contributed by atoms with Crippen molar-refractivity contribution in [3.63, 3.8) is 0 Å². The largest absolute Gasteiger partial charge is 0.378 e. The van der Waals surface area contributed by atoms with Crippen LogP contribution in [0.25, 0.3) is 0 Å². The molecule has 1 nitrogen and oxygen atoms in total. The number of alkyl halides is 1. The Balaban J connectivity index is 2.35. The maximum absolute atomic E-state index is 5.93. The topological polar surface area (TPSA) is 9.23 Å². The molecule has 0 unspecified atom stereocenters. The van der Waals surface area contributed by atoms with Crippen molar-refractivity contribution >= 4 is 11.6 Å². The van der Waals surface area contributed by atoms with Gasteiger partial charge in [-0.3, -0.25) is 0 Å². The second-order valence-corrected chi connectivity index (χ2v) is 4.14. The van der Waals surface area contributed by atoms with E-state index in [1.807, 2.05) is 0 Å². The highest BCUT2D eigenvalue weighted by Gasteiger charge is 2.30. The van der Waals surface area contributed by atoms with Gasteiger partial charge in [0, 0.05) is 11.3 Å². The van der Waals surface area contributed by atoms with Gasteiger partial charge < -0.3 is 4.74 Å². The first-order chi connectivity index (χ1) is 5.68. The molecule has 0 aromatic heterocycles. The number of allylic oxidation sites excluding steroid dienone is 2. The van der Waals surface area contributed by atoms with Gasteiger partial charge in [0.25, 0.3) is 0 Å². The fourth-order valence-corrected chi connectivity index (χ4v) is 1.65. The molecule has 70 valence electrons. The van der Waals surface area contributed by atoms with Crippen LogP contribution in [0.1, 0.15) is 26.7 Å². The van der Waals surface area contributed by atoms with E-state index in [-0.39, 0.29) is 5.41 Å². The van der Waals surface area contributed by atoms with E-state index in [2.05, 4.69) is 26.0 Å². The molecule has 0 N–H and O–H groups in total. The molecule has 0 fully saturated rings. The zero-order valence-electron chi connectivity index (χ0n) is 7.85. The summed E-state index contributed by atoms with van der Waals surface area (Å²) in [5.74, 6) is 0.701. The molecular formula is C10H17ClO. The molecular weight excluding hydrogens is 172 g/mol. The van der Waals surface area contributed by atoms with Crippen molar-refractivity contribution in [2.24, 2.45) is 5.41 Å². The summed E-state index contributed by atoms with van der Waals surface area (Å²) >= 11 is 5.93. The SMILES string of the molecule is CC(C)OCC1(CCl)CC=CC1. The van der Waals surface area contributed by atoms with Gasteiger partial charge in [-0.15, -0.1) is 11.6 Å². The Hall–Kier alpha value is -0.0100. The fraction of sp³-hybridized carbons (Fsp3) is 0.800. The van der Waals surface area contributed by atoms with Crippen molar-refractivity contribution in [3.8, 4) is 0 Å². The number of rotatable bonds is 4. The van der Waals surface area contributed by atoms with E-state index in [1.165, 1.54) is 0 Å². The summed E-state index contributed by atoms with van der Waals surface area (Å²) in [4.78, 5) is 0. The molecule has 12 heavy (non-hydrogen) atoms. The lowest BCUT2D eigenvalue weighted by atomic mass is 9.89. The molecule has 0 aromatic carbocycles. The van der Waals surface area contributed by atoms with Gasteiger partial charge in [0.1, 0.15) is 0 Å². The second-order valence-electron chi connectivity index (χ2n) is 3.87. The Labute approximate surface area is 79.7 Å². The molecule has 0 spiro atoms. The molecule has 0 amide bonds. The highest BCUT2D eigenvalue weighted by Crippen LogP contribution is 2.34. The molecule has 0 aromatic rings. The van der Waals surface area contributed by atoms with Gasteiger partial charge in [-0.05, 0) is 26.7 Å². The molecule has 1 aliphatic rings. The first-order valence-corrected chi connectivity index (χ1v) is 5.04. The Kier molecular flexibility index (Phi) is 3.60. The van der Waals surface area contributed by atoms with Crippen molar-refractivity contribution in [3.05, 3.63) is 12.2 Å². The van der Waals surface area contributed by atoms with Crippen LogP contribution in [0, 0.1) is 5.41 Å². The van der Waals surface area contributed by atoms with Gasteiger partial charge in [-0.1, -0.05) is 12.2 Å². The van der Waals surface area contributed by atoms with Crippen LogP contribution < -0.4 is 0 Å². The van der Waals surface area contributed by atoms with Gasteiger partial charge in [0.15, 0.2) is 0 Å². The Morgan fingerprint density at radius 3 is 2.42 bits per heavy atom. The third-order valence-corrected chi connectivity index (χ3v) is 2.84. The fourth-order valence-electron chi connectivity index (χ4n) is 1.36. The summed E-state index contributed by atoms with van der Waals surface area (Å²) in [5, 5.41) is 0. The average Bonchev–Trinajstić information content (AvgIpc) is 2.50. The quantitative estimate of drug-likeness (QED) is 0.487. The van der Waals surface area contributed by atoms with E-state index in [0.29, 0.717) is 12.0 Å². The van der Waals surface area contributed by atoms with Gasteiger partial charge >= 0.3 is 0 Å². The van der Waals surface area contributed by atoms with Crippen molar-refractivity contribution in [1.29, 1.82) is 0 Å². The van der Waals surface area contributed by atoms with Crippen molar-refractivity contribution in [1.82, 2.24) is 0 Å². The monoisotopic (exact) mass is 188 g/mol. The molecule has 0 radical (unpaired) electrons. The van der Waals surface area contributed by atoms with E-state index in [1.54, 1.807) is 0 Å². The summed E-state index contributed by atoms with van der Waals surface area (Å²) in [6, 6.07) is 0. The van der Waals surface area contributed by atoms with Crippen molar-refractivity contribution in [2.75, 3.05) is 12.5 Å². The molecule has 0 heterocycles. The summed E-state index contributed by atoms with van der Waals surface area (Å²) in [7, 11) is 0.